The second kappa shape index (κ2) is 9.40. The van der Waals surface area contributed by atoms with Gasteiger partial charge in [-0.3, -0.25) is 9.80 Å². The molecule has 1 aromatic carbocycles. The summed E-state index contributed by atoms with van der Waals surface area (Å²) < 4.78 is 8.80. The Bertz CT molecular complexity index is 1020. The number of hydrogen-bond donors (Lipinski definition) is 2. The molecule has 0 bridgehead atoms. The van der Waals surface area contributed by atoms with E-state index in [-0.39, 0.29) is 18.0 Å². The van der Waals surface area contributed by atoms with E-state index >= 15 is 0 Å². The minimum Gasteiger partial charge on any atom is -0.359 e. The van der Waals surface area contributed by atoms with Gasteiger partial charge < -0.3 is 19.3 Å². The van der Waals surface area contributed by atoms with Crippen LogP contribution in [0, 0.1) is 6.92 Å². The summed E-state index contributed by atoms with van der Waals surface area (Å²) in [5.74, 6) is 1.96. The molecule has 0 saturated carbocycles. The third-order valence-corrected chi connectivity index (χ3v) is 7.08. The first-order valence-corrected chi connectivity index (χ1v) is 12.9. The van der Waals surface area contributed by atoms with Crippen LogP contribution >= 0.6 is 11.9 Å². The first kappa shape index (κ1) is 22.3. The highest BCUT2D eigenvalue weighted by Gasteiger charge is 2.38. The number of piperidine rings is 1. The molecule has 4 aliphatic heterocycles. The van der Waals surface area contributed by atoms with Crippen molar-refractivity contribution >= 4 is 29.4 Å². The summed E-state index contributed by atoms with van der Waals surface area (Å²) in [5.41, 5.74) is 7.39. The van der Waals surface area contributed by atoms with E-state index in [9.17, 15) is 4.79 Å². The topological polar surface area (TPSA) is 72.4 Å². The number of rotatable bonds is 4. The number of carbonyl (C=O) groups excluding carboxylic acids is 1. The van der Waals surface area contributed by atoms with Gasteiger partial charge in [-0.2, -0.15) is 0 Å². The molecular weight excluding hydrogens is 436 g/mol. The van der Waals surface area contributed by atoms with Crippen LogP contribution in [0.5, 0.6) is 0 Å². The molecule has 4 heterocycles. The predicted molar refractivity (Wildman–Crippen MR) is 133 cm³/mol. The molecule has 2 saturated heterocycles. The Morgan fingerprint density at radius 1 is 1.27 bits per heavy atom. The van der Waals surface area contributed by atoms with Gasteiger partial charge in [-0.1, -0.05) is 23.6 Å². The van der Waals surface area contributed by atoms with Gasteiger partial charge in [0.25, 0.3) is 5.91 Å². The highest BCUT2D eigenvalue weighted by atomic mass is 32.2. The number of hydrazine groups is 1. The van der Waals surface area contributed by atoms with E-state index in [4.69, 9.17) is 9.73 Å². The van der Waals surface area contributed by atoms with Crippen LogP contribution in [0.1, 0.15) is 42.1 Å². The van der Waals surface area contributed by atoms with Gasteiger partial charge in [-0.15, -0.1) is 0 Å². The molecule has 2 atom stereocenters. The van der Waals surface area contributed by atoms with Crippen LogP contribution in [0.3, 0.4) is 0 Å². The maximum atomic E-state index is 13.8. The standard InChI is InChI=1S/C24H32N6O2S/c1-16-7-8-19(27-33-3)18(12-16)24(31)29-9-5-4-6-21(29)20-13-22-25-23(28-10-11-32-15-28)17(2)14-30(22)26-20/h7-8,12-14,20-21,26-27H,4-6,9-11,15H2,1-3H3. The lowest BCUT2D eigenvalue weighted by molar-refractivity contribution is 0.0562. The van der Waals surface area contributed by atoms with Crippen molar-refractivity contribution in [1.29, 1.82) is 0 Å². The molecule has 0 aliphatic carbocycles. The van der Waals surface area contributed by atoms with Crippen molar-refractivity contribution in [3.8, 4) is 0 Å². The third-order valence-electron chi connectivity index (χ3n) is 6.65. The van der Waals surface area contributed by atoms with Gasteiger partial charge in [-0.05, 0) is 51.3 Å². The number of benzene rings is 1. The first-order valence-electron chi connectivity index (χ1n) is 11.6. The Hall–Kier alpha value is -2.49. The molecular formula is C24H32N6O2S. The lowest BCUT2D eigenvalue weighted by Gasteiger charge is -2.39. The summed E-state index contributed by atoms with van der Waals surface area (Å²) in [6.45, 7) is 7.07. The number of nitrogens with one attached hydrogen (secondary N) is 2. The Balaban J connectivity index is 1.40. The molecule has 8 nitrogen and oxygen atoms in total. The summed E-state index contributed by atoms with van der Waals surface area (Å²) in [4.78, 5) is 22.9. The van der Waals surface area contributed by atoms with Crippen molar-refractivity contribution in [2.24, 2.45) is 4.99 Å². The van der Waals surface area contributed by atoms with Gasteiger partial charge in [0, 0.05) is 31.1 Å². The Labute approximate surface area is 199 Å². The van der Waals surface area contributed by atoms with Gasteiger partial charge in [0.05, 0.1) is 29.9 Å². The monoisotopic (exact) mass is 468 g/mol. The highest BCUT2D eigenvalue weighted by Crippen LogP contribution is 2.31. The van der Waals surface area contributed by atoms with Gasteiger partial charge in [0.2, 0.25) is 0 Å². The molecule has 33 heavy (non-hydrogen) atoms. The zero-order chi connectivity index (χ0) is 22.9. The van der Waals surface area contributed by atoms with E-state index in [0.29, 0.717) is 6.73 Å². The number of amidine groups is 1. The summed E-state index contributed by atoms with van der Waals surface area (Å²) in [7, 11) is 0. The molecule has 1 amide bonds. The number of aryl methyl sites for hydroxylation is 1. The summed E-state index contributed by atoms with van der Waals surface area (Å²) >= 11 is 1.51. The smallest absolute Gasteiger partial charge is 0.256 e. The minimum absolute atomic E-state index is 0.0213. The molecule has 2 N–H and O–H groups in total. The minimum atomic E-state index is 0.0213. The van der Waals surface area contributed by atoms with E-state index < -0.39 is 0 Å². The van der Waals surface area contributed by atoms with Crippen LogP contribution in [-0.4, -0.2) is 71.3 Å². The molecule has 0 spiro atoms. The molecule has 2 unspecified atom stereocenters. The van der Waals surface area contributed by atoms with E-state index in [0.717, 1.165) is 73.0 Å². The molecule has 176 valence electrons. The van der Waals surface area contributed by atoms with Crippen molar-refractivity contribution in [2.75, 3.05) is 37.4 Å². The van der Waals surface area contributed by atoms with Crippen LogP contribution in [0.4, 0.5) is 5.69 Å². The maximum absolute atomic E-state index is 13.8. The first-order chi connectivity index (χ1) is 16.0. The molecule has 0 radical (unpaired) electrons. The maximum Gasteiger partial charge on any atom is 0.256 e. The second-order valence-electron chi connectivity index (χ2n) is 9.01. The quantitative estimate of drug-likeness (QED) is 0.657. The summed E-state index contributed by atoms with van der Waals surface area (Å²) in [6.07, 6.45) is 9.37. The average Bonchev–Trinajstić information content (AvgIpc) is 3.49. The van der Waals surface area contributed by atoms with Crippen LogP contribution < -0.4 is 10.1 Å². The van der Waals surface area contributed by atoms with Crippen LogP contribution in [0.15, 0.2) is 46.9 Å². The fourth-order valence-electron chi connectivity index (χ4n) is 5.02. The van der Waals surface area contributed by atoms with Crippen LogP contribution in [-0.2, 0) is 4.74 Å². The van der Waals surface area contributed by atoms with E-state index in [1.54, 1.807) is 0 Å². The largest absolute Gasteiger partial charge is 0.359 e. The van der Waals surface area contributed by atoms with Crippen molar-refractivity contribution in [3.63, 3.8) is 0 Å². The van der Waals surface area contributed by atoms with E-state index in [2.05, 4.69) is 39.1 Å². The zero-order valence-electron chi connectivity index (χ0n) is 19.5. The van der Waals surface area contributed by atoms with Crippen LogP contribution in [0.2, 0.25) is 0 Å². The lowest BCUT2D eigenvalue weighted by atomic mass is 9.94. The Morgan fingerprint density at radius 2 is 2.15 bits per heavy atom. The fraction of sp³-hybridized carbons (Fsp3) is 0.500. The number of ether oxygens (including phenoxy) is 1. The number of hydrogen-bond acceptors (Lipinski definition) is 8. The number of anilines is 1. The molecule has 4 aliphatic rings. The average molecular weight is 469 g/mol. The normalized spacial score (nSPS) is 24.9. The summed E-state index contributed by atoms with van der Waals surface area (Å²) in [5, 5.41) is 2.01. The number of fused-ring (bicyclic) bond motifs is 1. The lowest BCUT2D eigenvalue weighted by Crippen LogP contribution is -2.54. The molecule has 1 aromatic rings. The third kappa shape index (κ3) is 4.37. The number of aliphatic imine (C=N–C) groups is 1. The van der Waals surface area contributed by atoms with E-state index in [1.165, 1.54) is 11.9 Å². The van der Waals surface area contributed by atoms with Crippen LogP contribution in [0.25, 0.3) is 0 Å². The summed E-state index contributed by atoms with van der Waals surface area (Å²) in [6, 6.07) is 6.14. The van der Waals surface area contributed by atoms with Gasteiger partial charge >= 0.3 is 0 Å². The zero-order valence-corrected chi connectivity index (χ0v) is 20.3. The number of likely N-dealkylation sites (tertiary alicyclic amines) is 1. The number of nitrogens with zero attached hydrogens (tertiary/aromatic N) is 4. The van der Waals surface area contributed by atoms with Gasteiger partial charge in [0.15, 0.2) is 0 Å². The molecule has 5 rings (SSSR count). The van der Waals surface area contributed by atoms with Crippen molar-refractivity contribution in [2.45, 2.75) is 45.2 Å². The van der Waals surface area contributed by atoms with Gasteiger partial charge in [0.1, 0.15) is 18.4 Å². The van der Waals surface area contributed by atoms with Crippen molar-refractivity contribution in [1.82, 2.24) is 20.2 Å². The van der Waals surface area contributed by atoms with Gasteiger partial charge in [-0.25, -0.2) is 10.4 Å². The Kier molecular flexibility index (Phi) is 6.36. The highest BCUT2D eigenvalue weighted by molar-refractivity contribution is 7.99. The SMILES string of the molecule is CSNc1ccc(C)cc1C(=O)N1CCCCC1C1C=C2N=C(N3CCOC3)C(C)=CN2N1. The molecule has 9 heteroatoms. The number of amides is 1. The second-order valence-corrected chi connectivity index (χ2v) is 9.63. The Morgan fingerprint density at radius 3 is 2.94 bits per heavy atom. The van der Waals surface area contributed by atoms with Crippen molar-refractivity contribution < 1.29 is 9.53 Å². The molecule has 0 aromatic heterocycles. The van der Waals surface area contributed by atoms with Crippen molar-refractivity contribution in [3.05, 3.63) is 53.0 Å². The van der Waals surface area contributed by atoms with E-state index in [1.807, 2.05) is 36.4 Å². The molecule has 2 fully saturated rings. The fourth-order valence-corrected chi connectivity index (χ4v) is 5.42. The predicted octanol–water partition coefficient (Wildman–Crippen LogP) is 3.32. The number of carbonyl (C=O) groups is 1.